The number of imidazole rings is 1. The van der Waals surface area contributed by atoms with Crippen molar-refractivity contribution < 1.29 is 14.4 Å². The molecule has 0 radical (unpaired) electrons. The van der Waals surface area contributed by atoms with Crippen molar-refractivity contribution in [1.29, 1.82) is 0 Å². The molecule has 1 aliphatic rings. The molecule has 2 N–H and O–H groups in total. The Morgan fingerprint density at radius 2 is 2.14 bits per heavy atom. The Kier molecular flexibility index (Phi) is 1.77. The van der Waals surface area contributed by atoms with Crippen LogP contribution in [-0.2, 0) is 16.1 Å². The van der Waals surface area contributed by atoms with Crippen LogP contribution in [0.4, 0.5) is 4.79 Å². The number of amides is 4. The van der Waals surface area contributed by atoms with E-state index < -0.39 is 17.8 Å². The molecule has 0 aromatic carbocycles. The largest absolute Gasteiger partial charge is 0.347 e. The Morgan fingerprint density at radius 3 is 2.64 bits per heavy atom. The maximum atomic E-state index is 11.1. The SMILES string of the molecule is O=C1NC(=O)N(Cc2ncc[nH]2)C1=O. The Hall–Kier alpha value is -2.18. The van der Waals surface area contributed by atoms with Gasteiger partial charge in [-0.1, -0.05) is 0 Å². The molecule has 2 heterocycles. The van der Waals surface area contributed by atoms with Gasteiger partial charge in [-0.05, 0) is 0 Å². The second-order valence-corrected chi connectivity index (χ2v) is 2.69. The van der Waals surface area contributed by atoms with Crippen LogP contribution in [0.1, 0.15) is 5.82 Å². The number of carbonyl (C=O) groups excluding carboxylic acids is 3. The summed E-state index contributed by atoms with van der Waals surface area (Å²) in [6, 6.07) is -0.712. The summed E-state index contributed by atoms with van der Waals surface area (Å²) < 4.78 is 0. The van der Waals surface area contributed by atoms with Crippen LogP contribution < -0.4 is 5.32 Å². The minimum Gasteiger partial charge on any atom is -0.347 e. The first-order valence-corrected chi connectivity index (χ1v) is 3.83. The molecule has 7 heteroatoms. The third-order valence-electron chi connectivity index (χ3n) is 1.77. The van der Waals surface area contributed by atoms with Gasteiger partial charge >= 0.3 is 17.8 Å². The molecule has 2 rings (SSSR count). The van der Waals surface area contributed by atoms with E-state index in [0.717, 1.165) is 4.90 Å². The predicted molar refractivity (Wildman–Crippen MR) is 42.7 cm³/mol. The van der Waals surface area contributed by atoms with Crippen molar-refractivity contribution in [2.45, 2.75) is 6.54 Å². The number of aromatic amines is 1. The molecule has 1 aromatic heterocycles. The molecular formula is C7H6N4O3. The summed E-state index contributed by atoms with van der Waals surface area (Å²) in [7, 11) is 0. The van der Waals surface area contributed by atoms with Crippen molar-refractivity contribution in [2.24, 2.45) is 0 Å². The molecule has 0 saturated carbocycles. The van der Waals surface area contributed by atoms with Crippen molar-refractivity contribution in [2.75, 3.05) is 0 Å². The van der Waals surface area contributed by atoms with Gasteiger partial charge in [0.05, 0.1) is 6.54 Å². The number of imide groups is 2. The maximum absolute atomic E-state index is 11.1. The fourth-order valence-corrected chi connectivity index (χ4v) is 1.11. The molecule has 0 spiro atoms. The number of hydrogen-bond donors (Lipinski definition) is 2. The molecule has 1 fully saturated rings. The van der Waals surface area contributed by atoms with Crippen LogP contribution in [0.3, 0.4) is 0 Å². The number of aromatic nitrogens is 2. The van der Waals surface area contributed by atoms with Crippen molar-refractivity contribution in [1.82, 2.24) is 20.2 Å². The van der Waals surface area contributed by atoms with E-state index in [1.807, 2.05) is 5.32 Å². The lowest BCUT2D eigenvalue weighted by Crippen LogP contribution is -2.30. The summed E-state index contributed by atoms with van der Waals surface area (Å²) in [4.78, 5) is 40.3. The Labute approximate surface area is 78.1 Å². The highest BCUT2D eigenvalue weighted by Crippen LogP contribution is 2.04. The Bertz CT molecular complexity index is 397. The van der Waals surface area contributed by atoms with Gasteiger partial charge in [0, 0.05) is 12.4 Å². The van der Waals surface area contributed by atoms with Crippen LogP contribution in [-0.4, -0.2) is 32.7 Å². The van der Waals surface area contributed by atoms with Gasteiger partial charge in [-0.15, -0.1) is 0 Å². The van der Waals surface area contributed by atoms with E-state index in [1.54, 1.807) is 6.20 Å². The van der Waals surface area contributed by atoms with Crippen LogP contribution in [0, 0.1) is 0 Å². The molecule has 0 aliphatic carbocycles. The van der Waals surface area contributed by atoms with Crippen LogP contribution in [0.15, 0.2) is 12.4 Å². The molecule has 0 atom stereocenters. The molecule has 4 amide bonds. The first kappa shape index (κ1) is 8.42. The second-order valence-electron chi connectivity index (χ2n) is 2.69. The van der Waals surface area contributed by atoms with E-state index in [9.17, 15) is 14.4 Å². The van der Waals surface area contributed by atoms with Crippen LogP contribution >= 0.6 is 0 Å². The molecule has 0 bridgehead atoms. The highest BCUT2D eigenvalue weighted by molar-refractivity contribution is 6.44. The number of nitrogens with zero attached hydrogens (tertiary/aromatic N) is 2. The van der Waals surface area contributed by atoms with Crippen molar-refractivity contribution in [3.8, 4) is 0 Å². The van der Waals surface area contributed by atoms with Crippen molar-refractivity contribution >= 4 is 17.8 Å². The molecule has 72 valence electrons. The third kappa shape index (κ3) is 1.24. The second kappa shape index (κ2) is 2.95. The average molecular weight is 194 g/mol. The average Bonchev–Trinajstić information content (AvgIpc) is 2.71. The van der Waals surface area contributed by atoms with Gasteiger partial charge in [-0.2, -0.15) is 0 Å². The highest BCUT2D eigenvalue weighted by atomic mass is 16.2. The smallest absolute Gasteiger partial charge is 0.331 e. The fourth-order valence-electron chi connectivity index (χ4n) is 1.11. The zero-order valence-corrected chi connectivity index (χ0v) is 6.98. The lowest BCUT2D eigenvalue weighted by molar-refractivity contribution is -0.140. The number of H-pyrrole nitrogens is 1. The normalized spacial score (nSPS) is 16.3. The molecule has 1 aromatic rings. The standard InChI is InChI=1S/C7H6N4O3/c12-5-6(13)11(7(14)10-5)3-4-8-1-2-9-4/h1-2H,3H2,(H,8,9)(H,10,12,14). The summed E-state index contributed by atoms with van der Waals surface area (Å²) in [5.41, 5.74) is 0. The molecule has 7 nitrogen and oxygen atoms in total. The number of rotatable bonds is 2. The molecular weight excluding hydrogens is 188 g/mol. The minimum absolute atomic E-state index is 0.0244. The third-order valence-corrected chi connectivity index (χ3v) is 1.77. The summed E-state index contributed by atoms with van der Waals surface area (Å²) in [6.45, 7) is -0.0244. The van der Waals surface area contributed by atoms with Crippen molar-refractivity contribution in [3.63, 3.8) is 0 Å². The predicted octanol–water partition coefficient (Wildman–Crippen LogP) is -1.01. The van der Waals surface area contributed by atoms with Gasteiger partial charge in [0.15, 0.2) is 0 Å². The highest BCUT2D eigenvalue weighted by Gasteiger charge is 2.37. The monoisotopic (exact) mass is 194 g/mol. The van der Waals surface area contributed by atoms with Gasteiger partial charge in [-0.25, -0.2) is 14.7 Å². The van der Waals surface area contributed by atoms with Gasteiger partial charge in [-0.3, -0.25) is 14.9 Å². The number of urea groups is 1. The fraction of sp³-hybridized carbons (Fsp3) is 0.143. The summed E-state index contributed by atoms with van der Waals surface area (Å²) >= 11 is 0. The van der Waals surface area contributed by atoms with Gasteiger partial charge in [0.25, 0.3) is 0 Å². The summed E-state index contributed by atoms with van der Waals surface area (Å²) in [5, 5.41) is 1.89. The van der Waals surface area contributed by atoms with Gasteiger partial charge in [0.2, 0.25) is 0 Å². The maximum Gasteiger partial charge on any atom is 0.331 e. The summed E-state index contributed by atoms with van der Waals surface area (Å²) in [5.74, 6) is -1.31. The first-order valence-electron chi connectivity index (χ1n) is 3.83. The zero-order chi connectivity index (χ0) is 10.1. The lowest BCUT2D eigenvalue weighted by Gasteiger charge is -2.07. The van der Waals surface area contributed by atoms with Crippen LogP contribution in [0.25, 0.3) is 0 Å². The van der Waals surface area contributed by atoms with E-state index >= 15 is 0 Å². The molecule has 14 heavy (non-hydrogen) atoms. The lowest BCUT2D eigenvalue weighted by atomic mass is 10.5. The quantitative estimate of drug-likeness (QED) is 0.465. The van der Waals surface area contributed by atoms with Crippen molar-refractivity contribution in [3.05, 3.63) is 18.2 Å². The molecule has 1 aliphatic heterocycles. The van der Waals surface area contributed by atoms with Crippen LogP contribution in [0.2, 0.25) is 0 Å². The topological polar surface area (TPSA) is 95.2 Å². The Morgan fingerprint density at radius 1 is 1.36 bits per heavy atom. The van der Waals surface area contributed by atoms with Gasteiger partial charge in [0.1, 0.15) is 5.82 Å². The van der Waals surface area contributed by atoms with E-state index in [0.29, 0.717) is 5.82 Å². The number of hydrogen-bond acceptors (Lipinski definition) is 4. The van der Waals surface area contributed by atoms with E-state index in [-0.39, 0.29) is 6.54 Å². The summed E-state index contributed by atoms with van der Waals surface area (Å²) in [6.07, 6.45) is 3.06. The minimum atomic E-state index is -0.901. The molecule has 0 unspecified atom stereocenters. The van der Waals surface area contributed by atoms with E-state index in [4.69, 9.17) is 0 Å². The first-order chi connectivity index (χ1) is 6.68. The number of carbonyl (C=O) groups is 3. The van der Waals surface area contributed by atoms with Crippen LogP contribution in [0.5, 0.6) is 0 Å². The van der Waals surface area contributed by atoms with Gasteiger partial charge < -0.3 is 4.98 Å². The van der Waals surface area contributed by atoms with E-state index in [2.05, 4.69) is 9.97 Å². The number of nitrogens with one attached hydrogen (secondary N) is 2. The van der Waals surface area contributed by atoms with E-state index in [1.165, 1.54) is 6.20 Å². The molecule has 1 saturated heterocycles. The zero-order valence-electron chi connectivity index (χ0n) is 6.98. The Balaban J connectivity index is 2.16.